The molecular formula is C18H22F3N5O2S. The van der Waals surface area contributed by atoms with Crippen LogP contribution in [0.3, 0.4) is 0 Å². The smallest absolute Gasteiger partial charge is 0.416 e. The molecule has 1 aromatic carbocycles. The van der Waals surface area contributed by atoms with Gasteiger partial charge in [-0.15, -0.1) is 11.3 Å². The fourth-order valence-electron chi connectivity index (χ4n) is 2.81. The number of benzene rings is 1. The fraction of sp³-hybridized carbons (Fsp3) is 0.444. The summed E-state index contributed by atoms with van der Waals surface area (Å²) >= 11 is 1.58. The van der Waals surface area contributed by atoms with Crippen molar-refractivity contribution in [2.75, 3.05) is 44.2 Å². The summed E-state index contributed by atoms with van der Waals surface area (Å²) < 4.78 is 43.4. The van der Waals surface area contributed by atoms with Gasteiger partial charge in [0.25, 0.3) is 0 Å². The Morgan fingerprint density at radius 2 is 2.07 bits per heavy atom. The number of nitrogens with zero attached hydrogens (tertiary/aromatic N) is 4. The molecule has 0 spiro atoms. The Balaban J connectivity index is 1.44. The number of hydrogen-bond donors (Lipinski definition) is 2. The molecule has 1 aromatic heterocycles. The van der Waals surface area contributed by atoms with Crippen molar-refractivity contribution in [3.63, 3.8) is 0 Å². The number of halogens is 3. The third-order valence-electron chi connectivity index (χ3n) is 4.36. The Hall–Kier alpha value is -2.53. The van der Waals surface area contributed by atoms with E-state index in [1.807, 2.05) is 10.3 Å². The number of hydrogen-bond acceptors (Lipinski definition) is 6. The van der Waals surface area contributed by atoms with Crippen LogP contribution in [0, 0.1) is 0 Å². The van der Waals surface area contributed by atoms with Crippen LogP contribution in [0.25, 0.3) is 0 Å². The molecule has 3 N–H and O–H groups in total. The molecule has 0 aliphatic carbocycles. The number of thiazole rings is 1. The average molecular weight is 429 g/mol. The van der Waals surface area contributed by atoms with Gasteiger partial charge in [-0.05, 0) is 18.2 Å². The number of aromatic nitrogens is 1. The van der Waals surface area contributed by atoms with Crippen LogP contribution in [-0.4, -0.2) is 66.4 Å². The van der Waals surface area contributed by atoms with Crippen LogP contribution in [0.2, 0.25) is 0 Å². The molecule has 7 nitrogen and oxygen atoms in total. The second-order valence-electron chi connectivity index (χ2n) is 6.48. The zero-order valence-electron chi connectivity index (χ0n) is 15.5. The number of aliphatic hydroxyl groups excluding tert-OH is 1. The van der Waals surface area contributed by atoms with Crippen LogP contribution in [0.5, 0.6) is 5.75 Å². The second-order valence-corrected chi connectivity index (χ2v) is 7.35. The van der Waals surface area contributed by atoms with Gasteiger partial charge >= 0.3 is 6.18 Å². The first-order valence-corrected chi connectivity index (χ1v) is 9.88. The van der Waals surface area contributed by atoms with Crippen LogP contribution in [0.1, 0.15) is 5.56 Å². The molecule has 1 atom stereocenters. The summed E-state index contributed by atoms with van der Waals surface area (Å²) in [5.41, 5.74) is 5.20. The first-order chi connectivity index (χ1) is 13.8. The van der Waals surface area contributed by atoms with E-state index in [0.717, 1.165) is 30.4 Å². The lowest BCUT2D eigenvalue weighted by molar-refractivity contribution is -0.137. The van der Waals surface area contributed by atoms with Crippen LogP contribution in [-0.2, 0) is 6.18 Å². The van der Waals surface area contributed by atoms with E-state index in [1.165, 1.54) is 12.1 Å². The monoisotopic (exact) mass is 429 g/mol. The number of ether oxygens (including phenoxy) is 1. The number of anilines is 1. The Morgan fingerprint density at radius 3 is 2.72 bits per heavy atom. The van der Waals surface area contributed by atoms with Crippen molar-refractivity contribution in [1.29, 1.82) is 0 Å². The predicted molar refractivity (Wildman–Crippen MR) is 105 cm³/mol. The number of alkyl halides is 3. The van der Waals surface area contributed by atoms with Gasteiger partial charge < -0.3 is 25.4 Å². The number of guanidine groups is 1. The minimum absolute atomic E-state index is 0.00249. The largest absolute Gasteiger partial charge is 0.491 e. The maximum Gasteiger partial charge on any atom is 0.416 e. The SMILES string of the molecule is NC(=NCC(O)COc1cccc(C(F)(F)F)c1)N1CCN(c2nccs2)CC1. The van der Waals surface area contributed by atoms with Crippen molar-refractivity contribution >= 4 is 22.4 Å². The molecule has 1 aliphatic heterocycles. The molecular weight excluding hydrogens is 407 g/mol. The van der Waals surface area contributed by atoms with Crippen molar-refractivity contribution in [2.24, 2.45) is 10.7 Å². The molecule has 0 bridgehead atoms. The molecule has 2 heterocycles. The molecule has 1 unspecified atom stereocenters. The Bertz CT molecular complexity index is 808. The Morgan fingerprint density at radius 1 is 1.31 bits per heavy atom. The fourth-order valence-corrected chi connectivity index (χ4v) is 3.50. The van der Waals surface area contributed by atoms with Gasteiger partial charge in [-0.1, -0.05) is 6.07 Å². The van der Waals surface area contributed by atoms with Crippen molar-refractivity contribution in [3.05, 3.63) is 41.4 Å². The molecule has 0 radical (unpaired) electrons. The molecule has 1 fully saturated rings. The normalized spacial score (nSPS) is 16.8. The van der Waals surface area contributed by atoms with Crippen LogP contribution in [0.15, 0.2) is 40.8 Å². The van der Waals surface area contributed by atoms with E-state index >= 15 is 0 Å². The van der Waals surface area contributed by atoms with Gasteiger partial charge in [0.05, 0.1) is 12.1 Å². The zero-order valence-corrected chi connectivity index (χ0v) is 16.4. The van der Waals surface area contributed by atoms with Gasteiger partial charge in [-0.2, -0.15) is 13.2 Å². The summed E-state index contributed by atoms with van der Waals surface area (Å²) in [4.78, 5) is 12.6. The molecule has 2 aromatic rings. The van der Waals surface area contributed by atoms with Gasteiger partial charge in [-0.3, -0.25) is 4.99 Å². The first kappa shape index (κ1) is 21.2. The van der Waals surface area contributed by atoms with Gasteiger partial charge in [-0.25, -0.2) is 4.98 Å². The molecule has 0 amide bonds. The van der Waals surface area contributed by atoms with Crippen molar-refractivity contribution < 1.29 is 23.0 Å². The second kappa shape index (κ2) is 9.31. The number of rotatable bonds is 6. The molecule has 11 heteroatoms. The lowest BCUT2D eigenvalue weighted by Crippen LogP contribution is -2.51. The highest BCUT2D eigenvalue weighted by atomic mass is 32.1. The topological polar surface area (TPSA) is 87.2 Å². The van der Waals surface area contributed by atoms with E-state index < -0.39 is 17.8 Å². The molecule has 1 aliphatic rings. The van der Waals surface area contributed by atoms with Crippen LogP contribution >= 0.6 is 11.3 Å². The Labute approximate surface area is 170 Å². The van der Waals surface area contributed by atoms with E-state index in [1.54, 1.807) is 17.5 Å². The van der Waals surface area contributed by atoms with E-state index in [4.69, 9.17) is 10.5 Å². The van der Waals surface area contributed by atoms with Gasteiger partial charge in [0.15, 0.2) is 11.1 Å². The highest BCUT2D eigenvalue weighted by molar-refractivity contribution is 7.13. The predicted octanol–water partition coefficient (Wildman–Crippen LogP) is 2.04. The van der Waals surface area contributed by atoms with Crippen LogP contribution in [0.4, 0.5) is 18.3 Å². The van der Waals surface area contributed by atoms with Gasteiger partial charge in [0, 0.05) is 37.8 Å². The number of aliphatic imine (C=N–C) groups is 1. The standard InChI is InChI=1S/C18H22F3N5O2S/c19-18(20,21)13-2-1-3-15(10-13)28-12-14(27)11-24-16(22)25-5-7-26(8-6-25)17-23-4-9-29-17/h1-4,9-10,14,27H,5-8,11-12H2,(H2,22,24). The maximum absolute atomic E-state index is 12.7. The number of nitrogens with two attached hydrogens (primary N) is 1. The maximum atomic E-state index is 12.7. The lowest BCUT2D eigenvalue weighted by Gasteiger charge is -2.35. The average Bonchev–Trinajstić information content (AvgIpc) is 3.25. The van der Waals surface area contributed by atoms with Crippen molar-refractivity contribution in [1.82, 2.24) is 9.88 Å². The number of piperazine rings is 1. The summed E-state index contributed by atoms with van der Waals surface area (Å²) in [7, 11) is 0. The third kappa shape index (κ3) is 5.97. The molecule has 158 valence electrons. The Kier molecular flexibility index (Phi) is 6.80. The lowest BCUT2D eigenvalue weighted by atomic mass is 10.2. The van der Waals surface area contributed by atoms with E-state index in [0.29, 0.717) is 19.0 Å². The minimum atomic E-state index is -4.44. The first-order valence-electron chi connectivity index (χ1n) is 9.00. The van der Waals surface area contributed by atoms with Gasteiger partial charge in [0.2, 0.25) is 0 Å². The molecule has 29 heavy (non-hydrogen) atoms. The summed E-state index contributed by atoms with van der Waals surface area (Å²) in [5.74, 6) is 0.357. The van der Waals surface area contributed by atoms with Crippen molar-refractivity contribution in [2.45, 2.75) is 12.3 Å². The highest BCUT2D eigenvalue weighted by Crippen LogP contribution is 2.31. The minimum Gasteiger partial charge on any atom is -0.491 e. The summed E-state index contributed by atoms with van der Waals surface area (Å²) in [5, 5.41) is 12.9. The van der Waals surface area contributed by atoms with E-state index in [-0.39, 0.29) is 18.9 Å². The molecule has 0 saturated carbocycles. The highest BCUT2D eigenvalue weighted by Gasteiger charge is 2.30. The molecule has 3 rings (SSSR count). The quantitative estimate of drug-likeness (QED) is 0.540. The van der Waals surface area contributed by atoms with Gasteiger partial charge in [0.1, 0.15) is 18.5 Å². The van der Waals surface area contributed by atoms with Crippen LogP contribution < -0.4 is 15.4 Å². The van der Waals surface area contributed by atoms with Crippen molar-refractivity contribution in [3.8, 4) is 5.75 Å². The van der Waals surface area contributed by atoms with E-state index in [2.05, 4.69) is 14.9 Å². The zero-order chi connectivity index (χ0) is 20.9. The summed E-state index contributed by atoms with van der Waals surface area (Å²) in [6.07, 6.45) is -3.66. The van der Waals surface area contributed by atoms with E-state index in [9.17, 15) is 18.3 Å². The number of aliphatic hydroxyl groups is 1. The molecule has 1 saturated heterocycles. The third-order valence-corrected chi connectivity index (χ3v) is 5.19. The summed E-state index contributed by atoms with van der Waals surface area (Å²) in [6, 6.07) is 4.52. The summed E-state index contributed by atoms with van der Waals surface area (Å²) in [6.45, 7) is 2.72.